The van der Waals surface area contributed by atoms with Crippen LogP contribution in [0, 0.1) is 0 Å². The minimum Gasteiger partial charge on any atom is -0.325 e. The molecule has 0 amide bonds. The van der Waals surface area contributed by atoms with Crippen LogP contribution in [0.4, 0.5) is 13.2 Å². The summed E-state index contributed by atoms with van der Waals surface area (Å²) in [6.45, 7) is 2.98. The minimum atomic E-state index is -4.34. The lowest BCUT2D eigenvalue weighted by Crippen LogP contribution is -2.06. The first-order valence-electron chi connectivity index (χ1n) is 7.27. The Morgan fingerprint density at radius 3 is 2.36 bits per heavy atom. The number of benzene rings is 1. The molecule has 0 bridgehead atoms. The number of nitrogens with zero attached hydrogens (tertiary/aromatic N) is 3. The van der Waals surface area contributed by atoms with E-state index in [-0.39, 0.29) is 6.54 Å². The lowest BCUT2D eigenvalue weighted by molar-refractivity contribution is -0.137. The van der Waals surface area contributed by atoms with Crippen molar-refractivity contribution in [1.29, 1.82) is 0 Å². The van der Waals surface area contributed by atoms with Crippen molar-refractivity contribution >= 4 is 0 Å². The molecule has 4 nitrogen and oxygen atoms in total. The monoisotopic (exact) mass is 312 g/mol. The van der Waals surface area contributed by atoms with Crippen LogP contribution in [0.3, 0.4) is 0 Å². The number of aryl methyl sites for hydroxylation is 1. The van der Waals surface area contributed by atoms with Gasteiger partial charge in [-0.05, 0) is 18.6 Å². The second kappa shape index (κ2) is 6.91. The normalized spacial score (nSPS) is 11.9. The Balaban J connectivity index is 2.32. The molecule has 1 aromatic heterocycles. The minimum absolute atomic E-state index is 0.199. The highest BCUT2D eigenvalue weighted by Crippen LogP contribution is 2.31. The van der Waals surface area contributed by atoms with Crippen LogP contribution in [0.5, 0.6) is 0 Å². The van der Waals surface area contributed by atoms with Gasteiger partial charge in [-0.1, -0.05) is 37.1 Å². The third-order valence-corrected chi connectivity index (χ3v) is 3.46. The molecule has 0 saturated heterocycles. The Kier molecular flexibility index (Phi) is 5.18. The molecule has 0 saturated carbocycles. The molecule has 1 heterocycles. The maximum Gasteiger partial charge on any atom is 0.416 e. The summed E-state index contributed by atoms with van der Waals surface area (Å²) in [5.74, 6) is 0. The summed E-state index contributed by atoms with van der Waals surface area (Å²) < 4.78 is 39.6. The molecule has 2 aromatic rings. The van der Waals surface area contributed by atoms with E-state index in [1.807, 2.05) is 0 Å². The van der Waals surface area contributed by atoms with Gasteiger partial charge in [0.15, 0.2) is 0 Å². The SMILES string of the molecule is CCCCCn1nnc(CN)c1-c1ccc(C(F)(F)F)cc1. The van der Waals surface area contributed by atoms with Crippen molar-refractivity contribution in [2.75, 3.05) is 0 Å². The summed E-state index contributed by atoms with van der Waals surface area (Å²) in [4.78, 5) is 0. The standard InChI is InChI=1S/C15H19F3N4/c1-2-3-4-9-22-14(13(10-19)20-21-22)11-5-7-12(8-6-11)15(16,17)18/h5-8H,2-4,9-10,19H2,1H3. The van der Waals surface area contributed by atoms with E-state index in [1.165, 1.54) is 12.1 Å². The molecule has 2 rings (SSSR count). The number of aromatic nitrogens is 3. The van der Waals surface area contributed by atoms with Crippen LogP contribution in [-0.2, 0) is 19.3 Å². The molecule has 0 aliphatic heterocycles. The fourth-order valence-corrected chi connectivity index (χ4v) is 2.29. The number of hydrogen-bond acceptors (Lipinski definition) is 3. The fourth-order valence-electron chi connectivity index (χ4n) is 2.29. The van der Waals surface area contributed by atoms with E-state index in [4.69, 9.17) is 5.73 Å². The predicted molar refractivity (Wildman–Crippen MR) is 77.9 cm³/mol. The van der Waals surface area contributed by atoms with Crippen LogP contribution in [0.25, 0.3) is 11.3 Å². The third-order valence-electron chi connectivity index (χ3n) is 3.46. The topological polar surface area (TPSA) is 56.7 Å². The van der Waals surface area contributed by atoms with Crippen molar-refractivity contribution in [1.82, 2.24) is 15.0 Å². The smallest absolute Gasteiger partial charge is 0.325 e. The van der Waals surface area contributed by atoms with Gasteiger partial charge < -0.3 is 5.73 Å². The first kappa shape index (κ1) is 16.5. The Labute approximate surface area is 127 Å². The number of hydrogen-bond donors (Lipinski definition) is 1. The zero-order chi connectivity index (χ0) is 16.2. The molecule has 22 heavy (non-hydrogen) atoms. The van der Waals surface area contributed by atoms with E-state index >= 15 is 0 Å². The van der Waals surface area contributed by atoms with E-state index in [2.05, 4.69) is 17.2 Å². The van der Waals surface area contributed by atoms with Crippen molar-refractivity contribution in [3.63, 3.8) is 0 Å². The average molecular weight is 312 g/mol. The molecule has 120 valence electrons. The Hall–Kier alpha value is -1.89. The molecule has 0 fully saturated rings. The second-order valence-corrected chi connectivity index (χ2v) is 5.09. The van der Waals surface area contributed by atoms with Crippen molar-refractivity contribution in [2.45, 2.75) is 45.5 Å². The first-order valence-corrected chi connectivity index (χ1v) is 7.27. The van der Waals surface area contributed by atoms with E-state index in [0.717, 1.165) is 31.4 Å². The average Bonchev–Trinajstić information content (AvgIpc) is 2.90. The quantitative estimate of drug-likeness (QED) is 0.829. The van der Waals surface area contributed by atoms with E-state index in [0.29, 0.717) is 23.5 Å². The third kappa shape index (κ3) is 3.65. The van der Waals surface area contributed by atoms with Crippen molar-refractivity contribution in [2.24, 2.45) is 5.73 Å². The summed E-state index contributed by atoms with van der Waals surface area (Å²) >= 11 is 0. The van der Waals surface area contributed by atoms with Gasteiger partial charge in [0.25, 0.3) is 0 Å². The summed E-state index contributed by atoms with van der Waals surface area (Å²) in [5.41, 5.74) is 6.93. The van der Waals surface area contributed by atoms with Crippen molar-refractivity contribution < 1.29 is 13.2 Å². The molecule has 0 spiro atoms. The maximum absolute atomic E-state index is 12.6. The second-order valence-electron chi connectivity index (χ2n) is 5.09. The highest BCUT2D eigenvalue weighted by Gasteiger charge is 2.30. The molecular weight excluding hydrogens is 293 g/mol. The number of unbranched alkanes of at least 4 members (excludes halogenated alkanes) is 2. The number of halogens is 3. The Bertz CT molecular complexity index is 602. The Morgan fingerprint density at radius 1 is 1.14 bits per heavy atom. The molecular formula is C15H19F3N4. The number of nitrogens with two attached hydrogens (primary N) is 1. The van der Waals surface area contributed by atoms with E-state index in [1.54, 1.807) is 4.68 Å². The van der Waals surface area contributed by atoms with Gasteiger partial charge in [-0.3, -0.25) is 0 Å². The molecule has 0 aliphatic rings. The van der Waals surface area contributed by atoms with Crippen molar-refractivity contribution in [3.05, 3.63) is 35.5 Å². The first-order chi connectivity index (χ1) is 10.5. The van der Waals surface area contributed by atoms with Gasteiger partial charge in [0.1, 0.15) is 5.69 Å². The summed E-state index contributed by atoms with van der Waals surface area (Å²) in [6, 6.07) is 5.02. The molecule has 7 heteroatoms. The van der Waals surface area contributed by atoms with Gasteiger partial charge in [-0.15, -0.1) is 5.10 Å². The summed E-state index contributed by atoms with van der Waals surface area (Å²) in [6.07, 6.45) is -1.26. The van der Waals surface area contributed by atoms with Crippen LogP contribution >= 0.6 is 0 Å². The van der Waals surface area contributed by atoms with Crippen molar-refractivity contribution in [3.8, 4) is 11.3 Å². The number of rotatable bonds is 6. The van der Waals surface area contributed by atoms with Crippen LogP contribution in [0.15, 0.2) is 24.3 Å². The van der Waals surface area contributed by atoms with Gasteiger partial charge in [0.05, 0.1) is 11.3 Å². The lowest BCUT2D eigenvalue weighted by Gasteiger charge is -2.10. The van der Waals surface area contributed by atoms with Gasteiger partial charge >= 0.3 is 6.18 Å². The highest BCUT2D eigenvalue weighted by molar-refractivity contribution is 5.62. The van der Waals surface area contributed by atoms with Gasteiger partial charge in [0.2, 0.25) is 0 Å². The highest BCUT2D eigenvalue weighted by atomic mass is 19.4. The van der Waals surface area contributed by atoms with E-state index < -0.39 is 11.7 Å². The zero-order valence-electron chi connectivity index (χ0n) is 12.4. The molecule has 0 radical (unpaired) electrons. The predicted octanol–water partition coefficient (Wildman–Crippen LogP) is 3.61. The maximum atomic E-state index is 12.6. The molecule has 2 N–H and O–H groups in total. The molecule has 0 aliphatic carbocycles. The zero-order valence-corrected chi connectivity index (χ0v) is 12.4. The van der Waals surface area contributed by atoms with Gasteiger partial charge in [-0.25, -0.2) is 4.68 Å². The number of alkyl halides is 3. The Morgan fingerprint density at radius 2 is 1.82 bits per heavy atom. The van der Waals surface area contributed by atoms with Crippen LogP contribution < -0.4 is 5.73 Å². The van der Waals surface area contributed by atoms with Crippen LogP contribution in [0.1, 0.15) is 37.4 Å². The summed E-state index contributed by atoms with van der Waals surface area (Å²) in [7, 11) is 0. The summed E-state index contributed by atoms with van der Waals surface area (Å²) in [5, 5.41) is 8.10. The lowest BCUT2D eigenvalue weighted by atomic mass is 10.1. The molecule has 0 atom stereocenters. The van der Waals surface area contributed by atoms with Crippen LogP contribution in [0.2, 0.25) is 0 Å². The molecule has 0 unspecified atom stereocenters. The largest absolute Gasteiger partial charge is 0.416 e. The van der Waals surface area contributed by atoms with Crippen LogP contribution in [-0.4, -0.2) is 15.0 Å². The van der Waals surface area contributed by atoms with E-state index in [9.17, 15) is 13.2 Å². The molecule has 1 aromatic carbocycles. The fraction of sp³-hybridized carbons (Fsp3) is 0.467. The van der Waals surface area contributed by atoms with Gasteiger partial charge in [-0.2, -0.15) is 13.2 Å². The van der Waals surface area contributed by atoms with Gasteiger partial charge in [0, 0.05) is 18.7 Å².